The molecule has 1 aliphatic heterocycles. The topological polar surface area (TPSA) is 83.1 Å². The van der Waals surface area contributed by atoms with Crippen molar-refractivity contribution in [2.24, 2.45) is 0 Å². The number of carbonyl (C=O) groups excluding carboxylic acids is 2. The van der Waals surface area contributed by atoms with Crippen LogP contribution in [0.4, 0.5) is 5.69 Å². The van der Waals surface area contributed by atoms with E-state index in [1.165, 1.54) is 6.20 Å². The number of pyridine rings is 1. The van der Waals surface area contributed by atoms with Gasteiger partial charge in [-0.2, -0.15) is 0 Å². The average molecular weight is 324 g/mol. The molecule has 0 bridgehead atoms. The third-order valence-corrected chi connectivity index (χ3v) is 3.94. The van der Waals surface area contributed by atoms with E-state index in [1.807, 2.05) is 0 Å². The summed E-state index contributed by atoms with van der Waals surface area (Å²) in [5.41, 5.74) is 1.59. The van der Waals surface area contributed by atoms with Crippen LogP contribution < -0.4 is 16.0 Å². The van der Waals surface area contributed by atoms with Gasteiger partial charge in [-0.15, -0.1) is 0 Å². The molecule has 0 aliphatic carbocycles. The van der Waals surface area contributed by atoms with Gasteiger partial charge < -0.3 is 16.0 Å². The highest BCUT2D eigenvalue weighted by Crippen LogP contribution is 2.13. The predicted molar refractivity (Wildman–Crippen MR) is 92.0 cm³/mol. The number of piperidine rings is 1. The summed E-state index contributed by atoms with van der Waals surface area (Å²) in [5, 5.41) is 9.08. The summed E-state index contributed by atoms with van der Waals surface area (Å²) in [4.78, 5) is 28.4. The van der Waals surface area contributed by atoms with Gasteiger partial charge in [0.25, 0.3) is 11.8 Å². The van der Waals surface area contributed by atoms with Crippen molar-refractivity contribution in [1.82, 2.24) is 15.6 Å². The summed E-state index contributed by atoms with van der Waals surface area (Å²) in [6, 6.07) is 10.5. The van der Waals surface area contributed by atoms with Crippen molar-refractivity contribution in [1.29, 1.82) is 0 Å². The number of benzene rings is 1. The normalized spacial score (nSPS) is 17.1. The van der Waals surface area contributed by atoms with E-state index in [2.05, 4.69) is 20.9 Å². The van der Waals surface area contributed by atoms with E-state index in [-0.39, 0.29) is 17.9 Å². The van der Waals surface area contributed by atoms with Crippen LogP contribution in [0, 0.1) is 0 Å². The average Bonchev–Trinajstić information content (AvgIpc) is 2.63. The molecule has 2 aromatic rings. The maximum absolute atomic E-state index is 12.4. The van der Waals surface area contributed by atoms with Crippen LogP contribution >= 0.6 is 0 Å². The molecule has 3 rings (SSSR count). The number of rotatable bonds is 4. The molecule has 1 atom stereocenters. The summed E-state index contributed by atoms with van der Waals surface area (Å²) < 4.78 is 0. The Bertz CT molecular complexity index is 712. The van der Waals surface area contributed by atoms with Gasteiger partial charge in [-0.1, -0.05) is 6.07 Å². The first-order chi connectivity index (χ1) is 11.7. The SMILES string of the molecule is O=C(Nc1cccc(C(=O)NC2CCCNC2)c1)c1cccnc1. The van der Waals surface area contributed by atoms with Crippen LogP contribution in [0.1, 0.15) is 33.6 Å². The Morgan fingerprint density at radius 3 is 2.75 bits per heavy atom. The fraction of sp³-hybridized carbons (Fsp3) is 0.278. The fourth-order valence-electron chi connectivity index (χ4n) is 2.68. The van der Waals surface area contributed by atoms with Gasteiger partial charge in [0.2, 0.25) is 0 Å². The Balaban J connectivity index is 1.65. The quantitative estimate of drug-likeness (QED) is 0.801. The second kappa shape index (κ2) is 7.70. The lowest BCUT2D eigenvalue weighted by molar-refractivity contribution is 0.0929. The number of aromatic nitrogens is 1. The number of hydrogen-bond donors (Lipinski definition) is 3. The van der Waals surface area contributed by atoms with Crippen molar-refractivity contribution in [3.8, 4) is 0 Å². The van der Waals surface area contributed by atoms with E-state index in [1.54, 1.807) is 42.6 Å². The molecule has 2 heterocycles. The Labute approximate surface area is 140 Å². The van der Waals surface area contributed by atoms with E-state index < -0.39 is 0 Å². The Hall–Kier alpha value is -2.73. The van der Waals surface area contributed by atoms with Crippen LogP contribution in [0.15, 0.2) is 48.8 Å². The largest absolute Gasteiger partial charge is 0.348 e. The summed E-state index contributed by atoms with van der Waals surface area (Å²) in [7, 11) is 0. The minimum atomic E-state index is -0.253. The second-order valence-corrected chi connectivity index (χ2v) is 5.79. The maximum Gasteiger partial charge on any atom is 0.257 e. The molecule has 0 spiro atoms. The lowest BCUT2D eigenvalue weighted by Gasteiger charge is -2.23. The molecule has 1 unspecified atom stereocenters. The van der Waals surface area contributed by atoms with Crippen molar-refractivity contribution in [3.05, 3.63) is 59.9 Å². The van der Waals surface area contributed by atoms with Crippen LogP contribution in [-0.4, -0.2) is 35.9 Å². The molecule has 1 aromatic heterocycles. The van der Waals surface area contributed by atoms with E-state index in [9.17, 15) is 9.59 Å². The lowest BCUT2D eigenvalue weighted by atomic mass is 10.1. The van der Waals surface area contributed by atoms with Crippen molar-refractivity contribution in [3.63, 3.8) is 0 Å². The first-order valence-corrected chi connectivity index (χ1v) is 8.05. The summed E-state index contributed by atoms with van der Waals surface area (Å²) in [5.74, 6) is -0.377. The molecule has 2 amide bonds. The van der Waals surface area contributed by atoms with Gasteiger partial charge in [-0.25, -0.2) is 0 Å². The molecular formula is C18H20N4O2. The molecule has 24 heavy (non-hydrogen) atoms. The molecule has 0 saturated carbocycles. The van der Waals surface area contributed by atoms with Crippen LogP contribution in [0.2, 0.25) is 0 Å². The molecule has 124 valence electrons. The zero-order valence-corrected chi connectivity index (χ0v) is 13.3. The zero-order chi connectivity index (χ0) is 16.8. The van der Waals surface area contributed by atoms with Gasteiger partial charge in [-0.05, 0) is 49.7 Å². The zero-order valence-electron chi connectivity index (χ0n) is 13.3. The third kappa shape index (κ3) is 4.17. The molecular weight excluding hydrogens is 304 g/mol. The molecule has 1 aliphatic rings. The first-order valence-electron chi connectivity index (χ1n) is 8.05. The number of nitrogens with one attached hydrogen (secondary N) is 3. The molecule has 3 N–H and O–H groups in total. The highest BCUT2D eigenvalue weighted by atomic mass is 16.2. The van der Waals surface area contributed by atoms with Gasteiger partial charge in [0, 0.05) is 36.2 Å². The highest BCUT2D eigenvalue weighted by molar-refractivity contribution is 6.04. The van der Waals surface area contributed by atoms with Gasteiger partial charge in [0.1, 0.15) is 0 Å². The molecule has 1 fully saturated rings. The van der Waals surface area contributed by atoms with Gasteiger partial charge in [-0.3, -0.25) is 14.6 Å². The molecule has 6 nitrogen and oxygen atoms in total. The fourth-order valence-corrected chi connectivity index (χ4v) is 2.68. The summed E-state index contributed by atoms with van der Waals surface area (Å²) in [6.07, 6.45) is 5.16. The lowest BCUT2D eigenvalue weighted by Crippen LogP contribution is -2.45. The Kier molecular flexibility index (Phi) is 5.18. The molecule has 1 saturated heterocycles. The van der Waals surface area contributed by atoms with Crippen LogP contribution in [0.3, 0.4) is 0 Å². The Morgan fingerprint density at radius 2 is 2.00 bits per heavy atom. The van der Waals surface area contributed by atoms with E-state index in [0.717, 1.165) is 25.9 Å². The number of nitrogens with zero attached hydrogens (tertiary/aromatic N) is 1. The van der Waals surface area contributed by atoms with Gasteiger partial charge in [0.05, 0.1) is 5.56 Å². The highest BCUT2D eigenvalue weighted by Gasteiger charge is 2.16. The second-order valence-electron chi connectivity index (χ2n) is 5.79. The smallest absolute Gasteiger partial charge is 0.257 e. The predicted octanol–water partition coefficient (Wildman–Crippen LogP) is 1.82. The summed E-state index contributed by atoms with van der Waals surface area (Å²) in [6.45, 7) is 1.80. The summed E-state index contributed by atoms with van der Waals surface area (Å²) >= 11 is 0. The first kappa shape index (κ1) is 16.1. The van der Waals surface area contributed by atoms with Crippen LogP contribution in [-0.2, 0) is 0 Å². The molecule has 1 aromatic carbocycles. The standard InChI is InChI=1S/C18H20N4O2/c23-17(22-16-7-3-9-20-12-16)13-4-1-6-15(10-13)21-18(24)14-5-2-8-19-11-14/h1-2,4-6,8,10-11,16,20H,3,7,9,12H2,(H,21,24)(H,22,23). The monoisotopic (exact) mass is 324 g/mol. The van der Waals surface area contributed by atoms with Gasteiger partial charge in [0.15, 0.2) is 0 Å². The van der Waals surface area contributed by atoms with Gasteiger partial charge >= 0.3 is 0 Å². The number of carbonyl (C=O) groups is 2. The van der Waals surface area contributed by atoms with Crippen LogP contribution in [0.25, 0.3) is 0 Å². The third-order valence-electron chi connectivity index (χ3n) is 3.94. The minimum Gasteiger partial charge on any atom is -0.348 e. The van der Waals surface area contributed by atoms with Crippen molar-refractivity contribution >= 4 is 17.5 Å². The van der Waals surface area contributed by atoms with Crippen LogP contribution in [0.5, 0.6) is 0 Å². The number of anilines is 1. The number of amides is 2. The molecule has 0 radical (unpaired) electrons. The minimum absolute atomic E-state index is 0.124. The van der Waals surface area contributed by atoms with Crippen molar-refractivity contribution in [2.45, 2.75) is 18.9 Å². The maximum atomic E-state index is 12.4. The van der Waals surface area contributed by atoms with Crippen molar-refractivity contribution < 1.29 is 9.59 Å². The van der Waals surface area contributed by atoms with E-state index in [4.69, 9.17) is 0 Å². The number of hydrogen-bond acceptors (Lipinski definition) is 4. The molecule has 6 heteroatoms. The Morgan fingerprint density at radius 1 is 1.12 bits per heavy atom. The van der Waals surface area contributed by atoms with Crippen molar-refractivity contribution in [2.75, 3.05) is 18.4 Å². The van der Waals surface area contributed by atoms with E-state index >= 15 is 0 Å². The van der Waals surface area contributed by atoms with E-state index in [0.29, 0.717) is 16.8 Å².